The zero-order valence-corrected chi connectivity index (χ0v) is 13.2. The average Bonchev–Trinajstić information content (AvgIpc) is 2.71. The minimum Gasteiger partial charge on any atom is -0.387 e. The molecule has 112 valence electrons. The monoisotopic (exact) mass is 337 g/mol. The summed E-state index contributed by atoms with van der Waals surface area (Å²) in [7, 11) is -2.96. The molecule has 1 aliphatic rings. The van der Waals surface area contributed by atoms with E-state index in [0.29, 0.717) is 28.6 Å². The van der Waals surface area contributed by atoms with Crippen LogP contribution in [0.5, 0.6) is 0 Å². The second-order valence-corrected chi connectivity index (χ2v) is 8.22. The van der Waals surface area contributed by atoms with Gasteiger partial charge in [-0.1, -0.05) is 23.2 Å². The molecule has 1 aromatic rings. The number of hydrogen-bond donors (Lipinski definition) is 2. The molecule has 1 saturated heterocycles. The fourth-order valence-electron chi connectivity index (χ4n) is 2.35. The topological polar surface area (TPSA) is 66.4 Å². The van der Waals surface area contributed by atoms with Gasteiger partial charge in [-0.3, -0.25) is 0 Å². The molecule has 0 saturated carbocycles. The standard InChI is InChI=1S/C13H17Cl2NO3S/c14-9-3-4-12(15)11(6-9)13(17)8-16-7-10-2-1-5-20(10,18)19/h3-4,6,10,13,16-17H,1-2,5,7-8H2. The molecule has 1 fully saturated rings. The zero-order valence-electron chi connectivity index (χ0n) is 10.9. The first-order valence-corrected chi connectivity index (χ1v) is 8.92. The molecule has 1 aromatic carbocycles. The molecule has 0 aromatic heterocycles. The van der Waals surface area contributed by atoms with Crippen LogP contribution in [0.4, 0.5) is 0 Å². The van der Waals surface area contributed by atoms with Gasteiger partial charge in [0.1, 0.15) is 0 Å². The third-order valence-corrected chi connectivity index (χ3v) is 6.34. The van der Waals surface area contributed by atoms with Crippen LogP contribution >= 0.6 is 23.2 Å². The maximum atomic E-state index is 11.7. The SMILES string of the molecule is O=S1(=O)CCCC1CNCC(O)c1cc(Cl)ccc1Cl. The minimum atomic E-state index is -2.96. The van der Waals surface area contributed by atoms with Gasteiger partial charge in [0.05, 0.1) is 17.1 Å². The van der Waals surface area contributed by atoms with Crippen LogP contribution in [-0.4, -0.2) is 37.6 Å². The van der Waals surface area contributed by atoms with Crippen molar-refractivity contribution in [2.24, 2.45) is 0 Å². The first-order chi connectivity index (χ1) is 9.40. The molecule has 4 nitrogen and oxygen atoms in total. The highest BCUT2D eigenvalue weighted by atomic mass is 35.5. The summed E-state index contributed by atoms with van der Waals surface area (Å²) in [5.41, 5.74) is 0.543. The highest BCUT2D eigenvalue weighted by Gasteiger charge is 2.30. The van der Waals surface area contributed by atoms with E-state index >= 15 is 0 Å². The third-order valence-electron chi connectivity index (χ3n) is 3.49. The maximum Gasteiger partial charge on any atom is 0.154 e. The van der Waals surface area contributed by atoms with Crippen LogP contribution in [0.25, 0.3) is 0 Å². The number of aliphatic hydroxyl groups is 1. The summed E-state index contributed by atoms with van der Waals surface area (Å²) in [5, 5.41) is 13.7. The second-order valence-electron chi connectivity index (χ2n) is 4.97. The Morgan fingerprint density at radius 3 is 2.80 bits per heavy atom. The second kappa shape index (κ2) is 6.62. The van der Waals surface area contributed by atoms with Gasteiger partial charge in [-0.25, -0.2) is 8.42 Å². The van der Waals surface area contributed by atoms with Crippen LogP contribution in [0.1, 0.15) is 24.5 Å². The van der Waals surface area contributed by atoms with Gasteiger partial charge in [0.15, 0.2) is 9.84 Å². The van der Waals surface area contributed by atoms with Crippen molar-refractivity contribution in [1.29, 1.82) is 0 Å². The first-order valence-electron chi connectivity index (χ1n) is 6.45. The highest BCUT2D eigenvalue weighted by molar-refractivity contribution is 7.92. The molecule has 0 bridgehead atoms. The van der Waals surface area contributed by atoms with Crippen LogP contribution < -0.4 is 5.32 Å². The Kier molecular flexibility index (Phi) is 5.31. The molecule has 2 rings (SSSR count). The van der Waals surface area contributed by atoms with Crippen LogP contribution in [0.2, 0.25) is 10.0 Å². The lowest BCUT2D eigenvalue weighted by Gasteiger charge is -2.16. The van der Waals surface area contributed by atoms with Crippen LogP contribution in [0.3, 0.4) is 0 Å². The number of benzene rings is 1. The van der Waals surface area contributed by atoms with Crippen molar-refractivity contribution in [3.63, 3.8) is 0 Å². The Labute approximate surface area is 129 Å². The Morgan fingerprint density at radius 2 is 2.15 bits per heavy atom. The van der Waals surface area contributed by atoms with Gasteiger partial charge >= 0.3 is 0 Å². The lowest BCUT2D eigenvalue weighted by atomic mass is 10.1. The Balaban J connectivity index is 1.89. The van der Waals surface area contributed by atoms with Gasteiger partial charge in [0, 0.05) is 28.7 Å². The van der Waals surface area contributed by atoms with Crippen molar-refractivity contribution in [3.05, 3.63) is 33.8 Å². The number of rotatable bonds is 5. The summed E-state index contributed by atoms with van der Waals surface area (Å²) in [6, 6.07) is 4.89. The first kappa shape index (κ1) is 16.0. The van der Waals surface area contributed by atoms with E-state index in [1.807, 2.05) is 0 Å². The molecule has 2 unspecified atom stereocenters. The molecule has 0 aliphatic carbocycles. The van der Waals surface area contributed by atoms with Crippen molar-refractivity contribution in [2.45, 2.75) is 24.2 Å². The molecule has 20 heavy (non-hydrogen) atoms. The molecule has 1 aliphatic heterocycles. The fourth-order valence-corrected chi connectivity index (χ4v) is 4.57. The number of nitrogens with one attached hydrogen (secondary N) is 1. The van der Waals surface area contributed by atoms with E-state index in [1.54, 1.807) is 18.2 Å². The summed E-state index contributed by atoms with van der Waals surface area (Å²) < 4.78 is 23.3. The van der Waals surface area contributed by atoms with Crippen molar-refractivity contribution in [1.82, 2.24) is 5.32 Å². The predicted molar refractivity (Wildman–Crippen MR) is 81.1 cm³/mol. The van der Waals surface area contributed by atoms with Gasteiger partial charge in [-0.05, 0) is 31.0 Å². The molecule has 0 radical (unpaired) electrons. The van der Waals surface area contributed by atoms with E-state index in [-0.39, 0.29) is 17.5 Å². The van der Waals surface area contributed by atoms with Crippen molar-refractivity contribution >= 4 is 33.0 Å². The quantitative estimate of drug-likeness (QED) is 0.864. The van der Waals surface area contributed by atoms with Gasteiger partial charge < -0.3 is 10.4 Å². The summed E-state index contributed by atoms with van der Waals surface area (Å²) in [4.78, 5) is 0. The molecule has 1 heterocycles. The van der Waals surface area contributed by atoms with Crippen molar-refractivity contribution in [3.8, 4) is 0 Å². The van der Waals surface area contributed by atoms with Gasteiger partial charge in [0.2, 0.25) is 0 Å². The van der Waals surface area contributed by atoms with E-state index in [4.69, 9.17) is 23.2 Å². The Hall–Kier alpha value is -0.330. The van der Waals surface area contributed by atoms with Gasteiger partial charge in [-0.2, -0.15) is 0 Å². The zero-order chi connectivity index (χ0) is 14.8. The van der Waals surface area contributed by atoms with Crippen LogP contribution in [0, 0.1) is 0 Å². The third kappa shape index (κ3) is 3.86. The van der Waals surface area contributed by atoms with Gasteiger partial charge in [-0.15, -0.1) is 0 Å². The van der Waals surface area contributed by atoms with Crippen molar-refractivity contribution in [2.75, 3.05) is 18.8 Å². The highest BCUT2D eigenvalue weighted by Crippen LogP contribution is 2.26. The van der Waals surface area contributed by atoms with Gasteiger partial charge in [0.25, 0.3) is 0 Å². The largest absolute Gasteiger partial charge is 0.387 e. The fraction of sp³-hybridized carbons (Fsp3) is 0.538. The predicted octanol–water partition coefficient (Wildman–Crippen LogP) is 2.19. The van der Waals surface area contributed by atoms with E-state index in [2.05, 4.69) is 5.32 Å². The van der Waals surface area contributed by atoms with E-state index in [1.165, 1.54) is 0 Å². The summed E-state index contributed by atoms with van der Waals surface area (Å²) in [6.45, 7) is 0.601. The summed E-state index contributed by atoms with van der Waals surface area (Å²) in [5.74, 6) is 0.266. The normalized spacial score (nSPS) is 22.9. The van der Waals surface area contributed by atoms with E-state index in [9.17, 15) is 13.5 Å². The number of aliphatic hydroxyl groups excluding tert-OH is 1. The number of hydrogen-bond acceptors (Lipinski definition) is 4. The Morgan fingerprint density at radius 1 is 1.40 bits per heavy atom. The smallest absolute Gasteiger partial charge is 0.154 e. The molecule has 0 spiro atoms. The molecular weight excluding hydrogens is 321 g/mol. The molecule has 2 N–H and O–H groups in total. The summed E-state index contributed by atoms with van der Waals surface area (Å²) in [6.07, 6.45) is 0.589. The lowest BCUT2D eigenvalue weighted by molar-refractivity contribution is 0.175. The van der Waals surface area contributed by atoms with E-state index in [0.717, 1.165) is 6.42 Å². The molecule has 0 amide bonds. The molecule has 7 heteroatoms. The maximum absolute atomic E-state index is 11.7. The van der Waals surface area contributed by atoms with E-state index < -0.39 is 15.9 Å². The van der Waals surface area contributed by atoms with Crippen molar-refractivity contribution < 1.29 is 13.5 Å². The van der Waals surface area contributed by atoms with Crippen LogP contribution in [0.15, 0.2) is 18.2 Å². The Bertz CT molecular complexity index is 577. The summed E-state index contributed by atoms with van der Waals surface area (Å²) >= 11 is 11.9. The number of sulfone groups is 1. The average molecular weight is 338 g/mol. The van der Waals surface area contributed by atoms with Crippen LogP contribution in [-0.2, 0) is 9.84 Å². The minimum absolute atomic E-state index is 0.242. The molecule has 2 atom stereocenters. The lowest BCUT2D eigenvalue weighted by Crippen LogP contribution is -2.33. The number of halogens is 2. The molecular formula is C13H17Cl2NO3S.